The molecular formula is C22H23NO5. The molecule has 0 unspecified atom stereocenters. The van der Waals surface area contributed by atoms with E-state index < -0.39 is 17.8 Å². The number of amides is 1. The number of alkyl carbamates (subject to hydrolysis) is 1. The van der Waals surface area contributed by atoms with E-state index >= 15 is 0 Å². The van der Waals surface area contributed by atoms with Crippen molar-refractivity contribution in [1.82, 2.24) is 5.32 Å². The van der Waals surface area contributed by atoms with Crippen molar-refractivity contribution in [1.29, 1.82) is 0 Å². The zero-order valence-corrected chi connectivity index (χ0v) is 16.0. The Morgan fingerprint density at radius 3 is 2.96 bits per heavy atom. The van der Waals surface area contributed by atoms with Gasteiger partial charge in [0.15, 0.2) is 0 Å². The SMILES string of the molecule is C=C1C=Cc2cc3c(cc2O1)OC(C)(C)[C@H](OC(=O)N/C=C/C1=CCCO1)C3. The standard InChI is InChI=1S/C22H23NO5/c1-14-6-7-15-11-16-12-20(22(2,3)28-19(16)13-18(15)26-14)27-21(24)23-9-8-17-5-4-10-25-17/h5-9,11,13,20H,1,4,10,12H2,2-3H3,(H,23,24)/b9-8+/t20-/m1/s1. The second kappa shape index (κ2) is 7.11. The van der Waals surface area contributed by atoms with Crippen LogP contribution in [0.4, 0.5) is 4.79 Å². The molecule has 3 heterocycles. The zero-order valence-electron chi connectivity index (χ0n) is 16.0. The van der Waals surface area contributed by atoms with E-state index in [9.17, 15) is 4.79 Å². The molecule has 0 saturated carbocycles. The van der Waals surface area contributed by atoms with Crippen molar-refractivity contribution in [2.45, 2.75) is 38.4 Å². The Balaban J connectivity index is 1.45. The second-order valence-electron chi connectivity index (χ2n) is 7.42. The number of carbonyl (C=O) groups is 1. The quantitative estimate of drug-likeness (QED) is 0.849. The van der Waals surface area contributed by atoms with E-state index in [0.717, 1.165) is 29.1 Å². The summed E-state index contributed by atoms with van der Waals surface area (Å²) in [6, 6.07) is 3.87. The molecule has 0 saturated heterocycles. The largest absolute Gasteiger partial charge is 0.494 e. The van der Waals surface area contributed by atoms with Crippen LogP contribution in [0.1, 0.15) is 31.4 Å². The molecule has 1 N–H and O–H groups in total. The molecule has 0 aromatic heterocycles. The molecule has 1 aromatic rings. The second-order valence-corrected chi connectivity index (χ2v) is 7.42. The summed E-state index contributed by atoms with van der Waals surface area (Å²) >= 11 is 0. The highest BCUT2D eigenvalue weighted by Crippen LogP contribution is 2.40. The van der Waals surface area contributed by atoms with Crippen LogP contribution in [0, 0.1) is 0 Å². The van der Waals surface area contributed by atoms with Crippen molar-refractivity contribution in [3.8, 4) is 11.5 Å². The Labute approximate surface area is 164 Å². The highest BCUT2D eigenvalue weighted by atomic mass is 16.6. The van der Waals surface area contributed by atoms with Gasteiger partial charge in [0.05, 0.1) is 6.61 Å². The van der Waals surface area contributed by atoms with Crippen LogP contribution in [0.3, 0.4) is 0 Å². The Morgan fingerprint density at radius 1 is 1.32 bits per heavy atom. The summed E-state index contributed by atoms with van der Waals surface area (Å²) in [5.74, 6) is 2.79. The highest BCUT2D eigenvalue weighted by Gasteiger charge is 2.40. The fourth-order valence-electron chi connectivity index (χ4n) is 3.34. The summed E-state index contributed by atoms with van der Waals surface area (Å²) in [6.07, 6.45) is 9.44. The predicted molar refractivity (Wildman–Crippen MR) is 105 cm³/mol. The third kappa shape index (κ3) is 3.76. The minimum Gasteiger partial charge on any atom is -0.494 e. The number of allylic oxidation sites excluding steroid dienone is 2. The molecule has 146 valence electrons. The third-order valence-electron chi connectivity index (χ3n) is 4.87. The van der Waals surface area contributed by atoms with Crippen LogP contribution in [-0.2, 0) is 15.9 Å². The van der Waals surface area contributed by atoms with Crippen LogP contribution < -0.4 is 14.8 Å². The molecule has 0 spiro atoms. The molecular weight excluding hydrogens is 358 g/mol. The first-order chi connectivity index (χ1) is 13.4. The number of fused-ring (bicyclic) bond motifs is 2. The van der Waals surface area contributed by atoms with Crippen molar-refractivity contribution in [2.24, 2.45) is 0 Å². The molecule has 0 radical (unpaired) electrons. The van der Waals surface area contributed by atoms with Gasteiger partial charge in [-0.05, 0) is 49.8 Å². The van der Waals surface area contributed by atoms with Crippen molar-refractivity contribution in [2.75, 3.05) is 6.61 Å². The lowest BCUT2D eigenvalue weighted by molar-refractivity contribution is -0.0488. The van der Waals surface area contributed by atoms with Crippen LogP contribution in [0.15, 0.2) is 54.7 Å². The van der Waals surface area contributed by atoms with Gasteiger partial charge in [-0.15, -0.1) is 0 Å². The molecule has 1 amide bonds. The van der Waals surface area contributed by atoms with Gasteiger partial charge in [-0.1, -0.05) is 6.58 Å². The minimum absolute atomic E-state index is 0.433. The summed E-state index contributed by atoms with van der Waals surface area (Å²) in [5.41, 5.74) is 1.24. The minimum atomic E-state index is -0.680. The molecule has 3 aliphatic rings. The van der Waals surface area contributed by atoms with E-state index in [0.29, 0.717) is 24.5 Å². The molecule has 0 bridgehead atoms. The first-order valence-corrected chi connectivity index (χ1v) is 9.28. The molecule has 6 nitrogen and oxygen atoms in total. The molecule has 1 atom stereocenters. The number of benzene rings is 1. The van der Waals surface area contributed by atoms with Gasteiger partial charge in [0.2, 0.25) is 0 Å². The molecule has 28 heavy (non-hydrogen) atoms. The Bertz CT molecular complexity index is 910. The Kier molecular flexibility index (Phi) is 4.63. The van der Waals surface area contributed by atoms with Crippen LogP contribution in [0.5, 0.6) is 11.5 Å². The summed E-state index contributed by atoms with van der Waals surface area (Å²) in [7, 11) is 0. The number of ether oxygens (including phenoxy) is 4. The van der Waals surface area contributed by atoms with Gasteiger partial charge >= 0.3 is 6.09 Å². The van der Waals surface area contributed by atoms with Gasteiger partial charge in [-0.25, -0.2) is 4.79 Å². The first kappa shape index (κ1) is 18.2. The maximum absolute atomic E-state index is 12.2. The lowest BCUT2D eigenvalue weighted by Gasteiger charge is -2.39. The van der Waals surface area contributed by atoms with Crippen LogP contribution in [-0.4, -0.2) is 24.4 Å². The zero-order chi connectivity index (χ0) is 19.7. The van der Waals surface area contributed by atoms with E-state index in [1.165, 1.54) is 6.20 Å². The fourth-order valence-corrected chi connectivity index (χ4v) is 3.34. The van der Waals surface area contributed by atoms with Crippen LogP contribution in [0.25, 0.3) is 6.08 Å². The molecule has 0 aliphatic carbocycles. The molecule has 0 fully saturated rings. The fraction of sp³-hybridized carbons (Fsp3) is 0.318. The van der Waals surface area contributed by atoms with Gasteiger partial charge in [-0.3, -0.25) is 5.32 Å². The van der Waals surface area contributed by atoms with Crippen molar-refractivity contribution >= 4 is 12.2 Å². The average molecular weight is 381 g/mol. The number of nitrogens with one attached hydrogen (secondary N) is 1. The van der Waals surface area contributed by atoms with Gasteiger partial charge in [0.1, 0.15) is 34.7 Å². The van der Waals surface area contributed by atoms with E-state index in [4.69, 9.17) is 18.9 Å². The first-order valence-electron chi connectivity index (χ1n) is 9.28. The van der Waals surface area contributed by atoms with Crippen molar-refractivity contribution in [3.05, 3.63) is 65.8 Å². The average Bonchev–Trinajstić information content (AvgIpc) is 3.14. The lowest BCUT2D eigenvalue weighted by Crippen LogP contribution is -2.49. The van der Waals surface area contributed by atoms with Gasteiger partial charge in [0.25, 0.3) is 0 Å². The lowest BCUT2D eigenvalue weighted by atomic mass is 9.89. The highest BCUT2D eigenvalue weighted by molar-refractivity contribution is 5.69. The van der Waals surface area contributed by atoms with Crippen LogP contribution >= 0.6 is 0 Å². The number of hydrogen-bond donors (Lipinski definition) is 1. The number of carbonyl (C=O) groups excluding carboxylic acids is 1. The van der Waals surface area contributed by atoms with Crippen molar-refractivity contribution in [3.63, 3.8) is 0 Å². The number of rotatable bonds is 3. The Hall–Kier alpha value is -3.15. The normalized spacial score (nSPS) is 21.7. The monoisotopic (exact) mass is 381 g/mol. The molecule has 3 aliphatic heterocycles. The summed E-state index contributed by atoms with van der Waals surface area (Å²) in [4.78, 5) is 12.2. The molecule has 4 rings (SSSR count). The molecule has 1 aromatic carbocycles. The van der Waals surface area contributed by atoms with Gasteiger partial charge in [-0.2, -0.15) is 0 Å². The van der Waals surface area contributed by atoms with E-state index in [1.807, 2.05) is 44.2 Å². The third-order valence-corrected chi connectivity index (χ3v) is 4.87. The Morgan fingerprint density at radius 2 is 2.18 bits per heavy atom. The maximum Gasteiger partial charge on any atom is 0.411 e. The topological polar surface area (TPSA) is 66.0 Å². The summed E-state index contributed by atoms with van der Waals surface area (Å²) < 4.78 is 22.8. The summed E-state index contributed by atoms with van der Waals surface area (Å²) in [5, 5.41) is 2.61. The number of hydrogen-bond acceptors (Lipinski definition) is 5. The smallest absolute Gasteiger partial charge is 0.411 e. The maximum atomic E-state index is 12.2. The van der Waals surface area contributed by atoms with E-state index in [1.54, 1.807) is 6.08 Å². The summed E-state index contributed by atoms with van der Waals surface area (Å²) in [6.45, 7) is 8.30. The van der Waals surface area contributed by atoms with E-state index in [2.05, 4.69) is 11.9 Å². The van der Waals surface area contributed by atoms with Gasteiger partial charge < -0.3 is 18.9 Å². The van der Waals surface area contributed by atoms with Crippen LogP contribution in [0.2, 0.25) is 0 Å². The van der Waals surface area contributed by atoms with Gasteiger partial charge in [0, 0.05) is 30.7 Å². The predicted octanol–water partition coefficient (Wildman–Crippen LogP) is 4.23. The van der Waals surface area contributed by atoms with Crippen molar-refractivity contribution < 1.29 is 23.7 Å². The van der Waals surface area contributed by atoms with E-state index in [-0.39, 0.29) is 0 Å². The molecule has 6 heteroatoms.